The number of benzene rings is 2. The molecule has 0 bridgehead atoms. The number of halogens is 7. The zero-order valence-electron chi connectivity index (χ0n) is 19.0. The van der Waals surface area contributed by atoms with Crippen LogP contribution in [0.1, 0.15) is 13.8 Å². The number of carbonyl (C=O) groups excluding carboxylic acids is 1. The normalized spacial score (nSPS) is 17.6. The molecule has 5 nitrogen and oxygen atoms in total. The summed E-state index contributed by atoms with van der Waals surface area (Å²) in [5.41, 5.74) is -0.872. The molecule has 192 valence electrons. The lowest BCUT2D eigenvalue weighted by atomic mass is 10.1. The van der Waals surface area contributed by atoms with Gasteiger partial charge in [-0.15, -0.1) is 0 Å². The molecule has 2 aromatic rings. The third-order valence-corrected chi connectivity index (χ3v) is 5.95. The number of hydrogen-bond acceptors (Lipinski definition) is 5. The van der Waals surface area contributed by atoms with Crippen LogP contribution in [0, 0.1) is 23.3 Å². The second kappa shape index (κ2) is 10.8. The van der Waals surface area contributed by atoms with Crippen molar-refractivity contribution >= 4 is 40.5 Å². The Balaban J connectivity index is 2.28. The van der Waals surface area contributed by atoms with Gasteiger partial charge in [-0.2, -0.15) is 0 Å². The maximum Gasteiger partial charge on any atom is 0.333 e. The van der Waals surface area contributed by atoms with Crippen molar-refractivity contribution < 1.29 is 31.5 Å². The van der Waals surface area contributed by atoms with Crippen LogP contribution in [0.4, 0.5) is 33.3 Å². The van der Waals surface area contributed by atoms with E-state index in [9.17, 15) is 22.4 Å². The summed E-state index contributed by atoms with van der Waals surface area (Å²) in [7, 11) is 0. The van der Waals surface area contributed by atoms with Crippen LogP contribution in [0.2, 0.25) is 0 Å². The molecule has 2 aromatic carbocycles. The van der Waals surface area contributed by atoms with Gasteiger partial charge in [-0.3, -0.25) is 5.01 Å². The van der Waals surface area contributed by atoms with Crippen molar-refractivity contribution in [1.29, 1.82) is 0 Å². The summed E-state index contributed by atoms with van der Waals surface area (Å²) in [6.45, 7) is 6.19. The molecule has 1 atom stereocenters. The topological polar surface area (TPSA) is 36.0 Å². The van der Waals surface area contributed by atoms with Crippen LogP contribution >= 0.6 is 23.2 Å². The van der Waals surface area contributed by atoms with E-state index in [1.807, 2.05) is 0 Å². The summed E-state index contributed by atoms with van der Waals surface area (Å²) in [5.74, 6) is -5.99. The molecule has 3 rings (SSSR count). The SMILES string of the molecule is C=CC(=O)OC1(Cl)C(N(CC)c2ccc(F)cc2F)=CC(F)=C(Cl)N1N(CC)c1ccc(F)cc1F. The highest BCUT2D eigenvalue weighted by Gasteiger charge is 2.52. The number of carbonyl (C=O) groups is 1. The molecule has 0 amide bonds. The molecule has 0 saturated carbocycles. The van der Waals surface area contributed by atoms with Gasteiger partial charge in [0, 0.05) is 37.4 Å². The van der Waals surface area contributed by atoms with E-state index in [0.717, 1.165) is 51.3 Å². The van der Waals surface area contributed by atoms with Crippen LogP contribution in [0.5, 0.6) is 0 Å². The van der Waals surface area contributed by atoms with Crippen molar-refractivity contribution in [3.8, 4) is 0 Å². The van der Waals surface area contributed by atoms with Crippen LogP contribution in [0.3, 0.4) is 0 Å². The fourth-order valence-electron chi connectivity index (χ4n) is 3.66. The minimum Gasteiger partial charge on any atom is -0.413 e. The largest absolute Gasteiger partial charge is 0.413 e. The standard InChI is InChI=1S/C24H20Cl2F5N3O2/c1-4-22(35)36-24(26)21(32(5-2)19-9-7-14(27)11-16(19)29)13-18(31)23(25)34(24)33(6-3)20-10-8-15(28)12-17(20)30/h4,7-13H,1,5-6H2,2-3H3. The zero-order chi connectivity index (χ0) is 26.8. The number of nitrogens with zero attached hydrogens (tertiary/aromatic N) is 3. The second-order valence-electron chi connectivity index (χ2n) is 7.32. The number of alkyl halides is 1. The minimum atomic E-state index is -2.54. The third-order valence-electron chi connectivity index (χ3n) is 5.17. The van der Waals surface area contributed by atoms with Crippen LogP contribution in [-0.2, 0) is 9.53 Å². The quantitative estimate of drug-likeness (QED) is 0.121. The molecule has 12 heteroatoms. The molecule has 0 radical (unpaired) electrons. The summed E-state index contributed by atoms with van der Waals surface area (Å²) >= 11 is 13.1. The summed E-state index contributed by atoms with van der Waals surface area (Å²) in [4.78, 5) is 13.5. The van der Waals surface area contributed by atoms with Crippen LogP contribution in [-0.4, -0.2) is 29.3 Å². The zero-order valence-corrected chi connectivity index (χ0v) is 20.6. The summed E-state index contributed by atoms with van der Waals surface area (Å²) in [6.07, 6.45) is 1.58. The van der Waals surface area contributed by atoms with Crippen LogP contribution in [0.15, 0.2) is 71.8 Å². The molecule has 1 aliphatic rings. The van der Waals surface area contributed by atoms with E-state index in [4.69, 9.17) is 27.9 Å². The fourth-order valence-corrected chi connectivity index (χ4v) is 4.38. The van der Waals surface area contributed by atoms with Crippen molar-refractivity contribution in [2.45, 2.75) is 19.0 Å². The molecule has 0 aromatic heterocycles. The first-order valence-corrected chi connectivity index (χ1v) is 11.3. The van der Waals surface area contributed by atoms with Gasteiger partial charge in [0.25, 0.3) is 0 Å². The lowest BCUT2D eigenvalue weighted by molar-refractivity contribution is -0.154. The van der Waals surface area contributed by atoms with Crippen molar-refractivity contribution in [3.63, 3.8) is 0 Å². The third kappa shape index (κ3) is 5.01. The van der Waals surface area contributed by atoms with E-state index in [-0.39, 0.29) is 30.2 Å². The number of rotatable bonds is 8. The molecule has 0 aliphatic carbocycles. The predicted molar refractivity (Wildman–Crippen MR) is 128 cm³/mol. The van der Waals surface area contributed by atoms with Gasteiger partial charge in [0.2, 0.25) is 0 Å². The number of anilines is 2. The van der Waals surface area contributed by atoms with Gasteiger partial charge in [0.05, 0.1) is 11.4 Å². The molecule has 0 fully saturated rings. The second-order valence-corrected chi connectivity index (χ2v) is 8.19. The number of hydrazine groups is 1. The maximum absolute atomic E-state index is 15.2. The molecule has 1 aliphatic heterocycles. The highest BCUT2D eigenvalue weighted by atomic mass is 35.5. The van der Waals surface area contributed by atoms with Gasteiger partial charge in [-0.05, 0) is 49.7 Å². The average molecular weight is 548 g/mol. The van der Waals surface area contributed by atoms with E-state index in [0.29, 0.717) is 12.1 Å². The molecule has 0 N–H and O–H groups in total. The van der Waals surface area contributed by atoms with E-state index in [1.54, 1.807) is 6.92 Å². The Bertz CT molecular complexity index is 1260. The van der Waals surface area contributed by atoms with Gasteiger partial charge in [-0.25, -0.2) is 31.8 Å². The summed E-state index contributed by atoms with van der Waals surface area (Å²) < 4.78 is 77.3. The lowest BCUT2D eigenvalue weighted by Crippen LogP contribution is -2.60. The maximum atomic E-state index is 15.2. The van der Waals surface area contributed by atoms with Crippen molar-refractivity contribution in [3.05, 3.63) is 95.1 Å². The van der Waals surface area contributed by atoms with E-state index < -0.39 is 45.4 Å². The van der Waals surface area contributed by atoms with Gasteiger partial charge >= 0.3 is 11.2 Å². The number of esters is 1. The van der Waals surface area contributed by atoms with Gasteiger partial charge in [0.15, 0.2) is 16.8 Å². The molecule has 0 spiro atoms. The minimum absolute atomic E-state index is 0.0652. The molecule has 0 saturated heterocycles. The predicted octanol–water partition coefficient (Wildman–Crippen LogP) is 6.71. The van der Waals surface area contributed by atoms with Gasteiger partial charge in [0.1, 0.15) is 23.1 Å². The molecular weight excluding hydrogens is 528 g/mol. The average Bonchev–Trinajstić information content (AvgIpc) is 2.82. The van der Waals surface area contributed by atoms with Crippen LogP contribution < -0.4 is 9.91 Å². The Morgan fingerprint density at radius 3 is 2.06 bits per heavy atom. The lowest BCUT2D eigenvalue weighted by Gasteiger charge is -2.49. The van der Waals surface area contributed by atoms with Crippen molar-refractivity contribution in [2.24, 2.45) is 0 Å². The number of hydrogen-bond donors (Lipinski definition) is 0. The van der Waals surface area contributed by atoms with E-state index in [1.165, 1.54) is 6.92 Å². The van der Waals surface area contributed by atoms with Crippen LogP contribution in [0.25, 0.3) is 0 Å². The Labute approximate surface area is 214 Å². The number of allylic oxidation sites excluding steroid dienone is 2. The Morgan fingerprint density at radius 2 is 1.58 bits per heavy atom. The fraction of sp³-hybridized carbons (Fsp3) is 0.208. The smallest absolute Gasteiger partial charge is 0.333 e. The summed E-state index contributed by atoms with van der Waals surface area (Å²) in [6, 6.07) is 5.26. The number of likely N-dealkylation sites (N-methyl/N-ethyl adjacent to an activating group) is 1. The first kappa shape index (κ1) is 27.3. The van der Waals surface area contributed by atoms with Crippen molar-refractivity contribution in [1.82, 2.24) is 5.01 Å². The number of ether oxygens (including phenoxy) is 1. The van der Waals surface area contributed by atoms with E-state index in [2.05, 4.69) is 6.58 Å². The molecule has 1 unspecified atom stereocenters. The monoisotopic (exact) mass is 547 g/mol. The van der Waals surface area contributed by atoms with Gasteiger partial charge in [-0.1, -0.05) is 18.2 Å². The van der Waals surface area contributed by atoms with Crippen molar-refractivity contribution in [2.75, 3.05) is 23.0 Å². The Morgan fingerprint density at radius 1 is 1.03 bits per heavy atom. The Kier molecular flexibility index (Phi) is 8.20. The summed E-state index contributed by atoms with van der Waals surface area (Å²) in [5, 5.41) is -1.50. The first-order valence-electron chi connectivity index (χ1n) is 10.6. The highest BCUT2D eigenvalue weighted by molar-refractivity contribution is 6.32. The van der Waals surface area contributed by atoms with E-state index >= 15 is 4.39 Å². The highest BCUT2D eigenvalue weighted by Crippen LogP contribution is 2.46. The molecule has 36 heavy (non-hydrogen) atoms. The Hall–Kier alpha value is -3.24. The molecular formula is C24H20Cl2F5N3O2. The van der Waals surface area contributed by atoms with Gasteiger partial charge < -0.3 is 9.64 Å². The first-order chi connectivity index (χ1) is 17.0. The molecule has 1 heterocycles.